The summed E-state index contributed by atoms with van der Waals surface area (Å²) in [5, 5.41) is 0.806. The maximum Gasteiger partial charge on any atom is 0.115 e. The van der Waals surface area contributed by atoms with Crippen LogP contribution in [0.15, 0.2) is 0 Å². The molecule has 0 nitrogen and oxygen atoms in total. The first-order chi connectivity index (χ1) is 6.53. The molecule has 0 fully saturated rings. The van der Waals surface area contributed by atoms with Crippen molar-refractivity contribution < 1.29 is 0 Å². The van der Waals surface area contributed by atoms with E-state index in [0.29, 0.717) is 15.9 Å². The minimum absolute atomic E-state index is 0.390. The van der Waals surface area contributed by atoms with E-state index >= 15 is 0 Å². The van der Waals surface area contributed by atoms with Gasteiger partial charge in [0.05, 0.1) is 7.85 Å². The summed E-state index contributed by atoms with van der Waals surface area (Å²) in [6, 6.07) is 0. The number of hydrogen-bond acceptors (Lipinski definition) is 0. The zero-order valence-corrected chi connectivity index (χ0v) is 12.5. The molecular formula is C12H29B3. The molecule has 0 aliphatic rings. The van der Waals surface area contributed by atoms with Crippen LogP contribution in [0.5, 0.6) is 0 Å². The molecule has 0 aromatic rings. The standard InChI is InChI=1S/C12H29B3/c1-8-10(3,4)9(2)11(5,13)12(6,14)15-7/h9,15H,8,13-14H2,1-7H3. The minimum atomic E-state index is 0.390. The largest absolute Gasteiger partial charge is 0.115 e. The van der Waals surface area contributed by atoms with E-state index in [0.717, 1.165) is 5.92 Å². The fraction of sp³-hybridized carbons (Fsp3) is 1.00. The summed E-state index contributed by atoms with van der Waals surface area (Å²) < 4.78 is 0. The van der Waals surface area contributed by atoms with Crippen LogP contribution < -0.4 is 0 Å². The van der Waals surface area contributed by atoms with Crippen LogP contribution in [-0.4, -0.2) is 23.0 Å². The highest BCUT2D eigenvalue weighted by Crippen LogP contribution is 2.57. The van der Waals surface area contributed by atoms with Gasteiger partial charge in [-0.05, 0) is 11.3 Å². The predicted octanol–water partition coefficient (Wildman–Crippen LogP) is 2.12. The Kier molecular flexibility index (Phi) is 4.65. The molecule has 0 amide bonds. The minimum Gasteiger partial charge on any atom is -0.0895 e. The van der Waals surface area contributed by atoms with Crippen LogP contribution in [0.25, 0.3) is 0 Å². The second-order valence-electron chi connectivity index (χ2n) is 7.02. The van der Waals surface area contributed by atoms with Gasteiger partial charge < -0.3 is 0 Å². The number of hydrogen-bond donors (Lipinski definition) is 0. The van der Waals surface area contributed by atoms with Gasteiger partial charge in [0.2, 0.25) is 0 Å². The van der Waals surface area contributed by atoms with Gasteiger partial charge in [-0.1, -0.05) is 65.3 Å². The molecule has 0 aromatic carbocycles. The van der Waals surface area contributed by atoms with E-state index in [2.05, 4.69) is 64.1 Å². The maximum atomic E-state index is 2.44. The zero-order valence-electron chi connectivity index (χ0n) is 12.5. The Labute approximate surface area is 100 Å². The average molecular weight is 206 g/mol. The van der Waals surface area contributed by atoms with E-state index in [1.54, 1.807) is 0 Å². The molecule has 0 rings (SSSR count). The molecule has 3 atom stereocenters. The van der Waals surface area contributed by atoms with Crippen molar-refractivity contribution in [2.24, 2.45) is 11.3 Å². The second kappa shape index (κ2) is 4.59. The molecule has 0 aromatic heterocycles. The van der Waals surface area contributed by atoms with Crippen LogP contribution >= 0.6 is 0 Å². The van der Waals surface area contributed by atoms with Gasteiger partial charge in [-0.15, -0.1) is 0 Å². The summed E-state index contributed by atoms with van der Waals surface area (Å²) >= 11 is 0. The third-order valence-corrected chi connectivity index (χ3v) is 5.79. The molecule has 0 radical (unpaired) electrons. The Balaban J connectivity index is 5.04. The fourth-order valence-corrected chi connectivity index (χ4v) is 2.32. The molecule has 0 spiro atoms. The van der Waals surface area contributed by atoms with E-state index in [1.807, 2.05) is 0 Å². The molecule has 0 heterocycles. The van der Waals surface area contributed by atoms with Gasteiger partial charge in [-0.2, -0.15) is 0 Å². The molecule has 0 saturated carbocycles. The molecule has 0 aliphatic carbocycles. The van der Waals surface area contributed by atoms with E-state index in [1.165, 1.54) is 13.7 Å². The highest BCUT2D eigenvalue weighted by Gasteiger charge is 2.44. The number of rotatable bonds is 5. The monoisotopic (exact) mass is 206 g/mol. The molecule has 0 bridgehead atoms. The first-order valence-corrected chi connectivity index (χ1v) is 6.53. The summed E-state index contributed by atoms with van der Waals surface area (Å²) in [6.07, 6.45) is 1.26. The lowest BCUT2D eigenvalue weighted by Gasteiger charge is -2.51. The summed E-state index contributed by atoms with van der Waals surface area (Å²) in [5.41, 5.74) is 0.440. The van der Waals surface area contributed by atoms with Crippen LogP contribution in [0.1, 0.15) is 48.0 Å². The van der Waals surface area contributed by atoms with Crippen molar-refractivity contribution in [1.29, 1.82) is 0 Å². The highest BCUT2D eigenvalue weighted by molar-refractivity contribution is 6.55. The molecule has 86 valence electrons. The van der Waals surface area contributed by atoms with Gasteiger partial charge in [-0.25, -0.2) is 0 Å². The van der Waals surface area contributed by atoms with Gasteiger partial charge in [0.1, 0.15) is 15.1 Å². The van der Waals surface area contributed by atoms with Crippen LogP contribution in [0.2, 0.25) is 17.4 Å². The van der Waals surface area contributed by atoms with E-state index < -0.39 is 0 Å². The van der Waals surface area contributed by atoms with Gasteiger partial charge >= 0.3 is 0 Å². The Morgan fingerprint density at radius 3 is 1.80 bits per heavy atom. The Hall–Kier alpha value is 0.195. The molecule has 15 heavy (non-hydrogen) atoms. The molecule has 0 saturated heterocycles. The SMILES string of the molecule is BC(C)(BC)C(B)(C)C(C)C(C)(C)CC. The first-order valence-electron chi connectivity index (χ1n) is 6.53. The quantitative estimate of drug-likeness (QED) is 0.604. The second-order valence-corrected chi connectivity index (χ2v) is 7.02. The Morgan fingerprint density at radius 1 is 1.13 bits per heavy atom. The smallest absolute Gasteiger partial charge is 0.0895 e. The normalized spacial score (nSPS) is 22.6. The molecule has 0 N–H and O–H groups in total. The van der Waals surface area contributed by atoms with Crippen molar-refractivity contribution in [3.05, 3.63) is 0 Å². The van der Waals surface area contributed by atoms with Crippen LogP contribution in [0, 0.1) is 11.3 Å². The van der Waals surface area contributed by atoms with Crippen molar-refractivity contribution in [2.45, 2.75) is 65.3 Å². The van der Waals surface area contributed by atoms with Gasteiger partial charge in [0, 0.05) is 0 Å². The van der Waals surface area contributed by atoms with Crippen molar-refractivity contribution in [3.8, 4) is 0 Å². The van der Waals surface area contributed by atoms with E-state index in [9.17, 15) is 0 Å². The molecule has 3 heteroatoms. The molecular weight excluding hydrogens is 177 g/mol. The summed E-state index contributed by atoms with van der Waals surface area (Å²) in [6.45, 7) is 16.7. The topological polar surface area (TPSA) is 0 Å². The average Bonchev–Trinajstić information content (AvgIpc) is 2.16. The third kappa shape index (κ3) is 2.85. The van der Waals surface area contributed by atoms with Crippen LogP contribution in [0.3, 0.4) is 0 Å². The van der Waals surface area contributed by atoms with Crippen LogP contribution in [-0.2, 0) is 0 Å². The Bertz CT molecular complexity index is 207. The van der Waals surface area contributed by atoms with Crippen molar-refractivity contribution in [1.82, 2.24) is 0 Å². The van der Waals surface area contributed by atoms with Crippen molar-refractivity contribution >= 4 is 23.0 Å². The third-order valence-electron chi connectivity index (χ3n) is 5.79. The maximum absolute atomic E-state index is 2.44. The Morgan fingerprint density at radius 2 is 1.53 bits per heavy atom. The highest BCUT2D eigenvalue weighted by atomic mass is 14.4. The lowest BCUT2D eigenvalue weighted by Crippen LogP contribution is -2.41. The van der Waals surface area contributed by atoms with Gasteiger partial charge in [0.15, 0.2) is 0 Å². The van der Waals surface area contributed by atoms with Gasteiger partial charge in [-0.3, -0.25) is 0 Å². The fourth-order valence-electron chi connectivity index (χ4n) is 2.32. The summed E-state index contributed by atoms with van der Waals surface area (Å²) in [4.78, 5) is 0. The lowest BCUT2D eigenvalue weighted by atomic mass is 9.27. The first kappa shape index (κ1) is 15.2. The summed E-state index contributed by atoms with van der Waals surface area (Å²) in [5.74, 6) is 0.741. The lowest BCUT2D eigenvalue weighted by molar-refractivity contribution is 0.159. The van der Waals surface area contributed by atoms with Crippen molar-refractivity contribution in [3.63, 3.8) is 0 Å². The van der Waals surface area contributed by atoms with Gasteiger partial charge in [0.25, 0.3) is 0 Å². The molecule has 3 unspecified atom stereocenters. The van der Waals surface area contributed by atoms with E-state index in [-0.39, 0.29) is 0 Å². The van der Waals surface area contributed by atoms with Crippen molar-refractivity contribution in [2.75, 3.05) is 0 Å². The predicted molar refractivity (Wildman–Crippen MR) is 80.1 cm³/mol. The van der Waals surface area contributed by atoms with Crippen LogP contribution in [0.4, 0.5) is 0 Å². The molecule has 0 aliphatic heterocycles. The zero-order chi connectivity index (χ0) is 12.5. The van der Waals surface area contributed by atoms with E-state index in [4.69, 9.17) is 0 Å². The summed E-state index contributed by atoms with van der Waals surface area (Å²) in [7, 11) is 6.11.